The van der Waals surface area contributed by atoms with Crippen LogP contribution in [0, 0.1) is 18.3 Å². The molecule has 0 unspecified atom stereocenters. The van der Waals surface area contributed by atoms with Crippen molar-refractivity contribution >= 4 is 33.0 Å². The molecule has 3 aromatic rings. The summed E-state index contributed by atoms with van der Waals surface area (Å²) in [5.74, 6) is -0.00737. The maximum Gasteiger partial charge on any atom is 0.265 e. The van der Waals surface area contributed by atoms with Crippen molar-refractivity contribution in [3.05, 3.63) is 52.7 Å². The molecule has 3 heterocycles. The number of nitriles is 1. The molecule has 1 N–H and O–H groups in total. The Balaban J connectivity index is 1.61. The molecule has 8 nitrogen and oxygen atoms in total. The number of hydrogen-bond acceptors (Lipinski definition) is 6. The van der Waals surface area contributed by atoms with E-state index < -0.39 is 10.0 Å². The molecule has 1 saturated heterocycles. The quantitative estimate of drug-likeness (QED) is 0.612. The predicted octanol–water partition coefficient (Wildman–Crippen LogP) is 3.76. The Labute approximate surface area is 191 Å². The molecule has 1 fully saturated rings. The van der Waals surface area contributed by atoms with Gasteiger partial charge >= 0.3 is 0 Å². The van der Waals surface area contributed by atoms with E-state index in [0.29, 0.717) is 32.5 Å². The molecular weight excluding hydrogens is 446 g/mol. The van der Waals surface area contributed by atoms with E-state index in [4.69, 9.17) is 5.26 Å². The van der Waals surface area contributed by atoms with E-state index in [-0.39, 0.29) is 10.8 Å². The molecule has 0 aliphatic carbocycles. The lowest BCUT2D eigenvalue weighted by Gasteiger charge is -2.26. The molecule has 32 heavy (non-hydrogen) atoms. The fourth-order valence-corrected chi connectivity index (χ4v) is 5.92. The minimum Gasteiger partial charge on any atom is -0.347 e. The zero-order chi connectivity index (χ0) is 22.9. The van der Waals surface area contributed by atoms with E-state index in [2.05, 4.69) is 9.71 Å². The van der Waals surface area contributed by atoms with Crippen LogP contribution in [0.3, 0.4) is 0 Å². The summed E-state index contributed by atoms with van der Waals surface area (Å²) in [4.78, 5) is 20.0. The van der Waals surface area contributed by atoms with E-state index in [0.717, 1.165) is 32.4 Å². The molecule has 166 valence electrons. The second kappa shape index (κ2) is 8.76. The number of nitrogens with one attached hydrogen (secondary N) is 1. The van der Waals surface area contributed by atoms with Crippen LogP contribution < -0.4 is 4.72 Å². The highest BCUT2D eigenvalue weighted by atomic mass is 32.2. The Bertz CT molecular complexity index is 1310. The Morgan fingerprint density at radius 1 is 1.22 bits per heavy atom. The summed E-state index contributed by atoms with van der Waals surface area (Å²) in [5.41, 5.74) is 1.94. The van der Waals surface area contributed by atoms with Crippen LogP contribution in [0.2, 0.25) is 0 Å². The van der Waals surface area contributed by atoms with Gasteiger partial charge in [0.2, 0.25) is 0 Å². The first-order valence-electron chi connectivity index (χ1n) is 10.2. The summed E-state index contributed by atoms with van der Waals surface area (Å²) in [6.45, 7) is 3.33. The third kappa shape index (κ3) is 4.40. The largest absolute Gasteiger partial charge is 0.347 e. The molecule has 0 bridgehead atoms. The number of piperidine rings is 1. The predicted molar refractivity (Wildman–Crippen MR) is 123 cm³/mol. The number of sulfonamides is 1. The van der Waals surface area contributed by atoms with Crippen LogP contribution in [0.1, 0.15) is 40.2 Å². The fourth-order valence-electron chi connectivity index (χ4n) is 3.71. The van der Waals surface area contributed by atoms with Crippen LogP contribution in [0.15, 0.2) is 41.4 Å². The summed E-state index contributed by atoms with van der Waals surface area (Å²) in [7, 11) is -2.12. The average molecular weight is 470 g/mol. The molecule has 4 rings (SSSR count). The highest BCUT2D eigenvalue weighted by Crippen LogP contribution is 2.32. The number of anilines is 1. The highest BCUT2D eigenvalue weighted by Gasteiger charge is 2.25. The van der Waals surface area contributed by atoms with Gasteiger partial charge in [0, 0.05) is 26.3 Å². The van der Waals surface area contributed by atoms with Gasteiger partial charge < -0.3 is 9.47 Å². The van der Waals surface area contributed by atoms with Gasteiger partial charge in [-0.05, 0) is 50.5 Å². The van der Waals surface area contributed by atoms with Crippen molar-refractivity contribution in [2.45, 2.75) is 31.1 Å². The summed E-state index contributed by atoms with van der Waals surface area (Å²) in [5, 5.41) is 9.62. The van der Waals surface area contributed by atoms with Crippen LogP contribution in [0.25, 0.3) is 10.7 Å². The molecule has 2 aromatic heterocycles. The summed E-state index contributed by atoms with van der Waals surface area (Å²) < 4.78 is 30.0. The zero-order valence-corrected chi connectivity index (χ0v) is 19.5. The monoisotopic (exact) mass is 469 g/mol. The first-order chi connectivity index (χ1) is 15.3. The standard InChI is InChI=1S/C22H23N5O3S2/c1-15-20(22(28)27-9-4-3-5-10-27)31-21(24-15)19-12-18(14-26(19)2)32(29,30)25-17-8-6-7-16(11-17)13-23/h6-8,11-12,14,25H,3-5,9-10H2,1-2H3. The number of thiazole rings is 1. The summed E-state index contributed by atoms with van der Waals surface area (Å²) in [6, 6.07) is 9.82. The number of carbonyl (C=O) groups excluding carboxylic acids is 1. The van der Waals surface area contributed by atoms with Gasteiger partial charge in [-0.15, -0.1) is 11.3 Å². The van der Waals surface area contributed by atoms with Gasteiger partial charge in [0.15, 0.2) is 0 Å². The summed E-state index contributed by atoms with van der Waals surface area (Å²) >= 11 is 1.29. The van der Waals surface area contributed by atoms with Crippen LogP contribution in [0.4, 0.5) is 5.69 Å². The number of carbonyl (C=O) groups is 1. The van der Waals surface area contributed by atoms with Crippen LogP contribution >= 0.6 is 11.3 Å². The highest BCUT2D eigenvalue weighted by molar-refractivity contribution is 7.92. The van der Waals surface area contributed by atoms with Crippen molar-refractivity contribution in [3.63, 3.8) is 0 Å². The van der Waals surface area contributed by atoms with Gasteiger partial charge in [0.1, 0.15) is 14.8 Å². The fraction of sp³-hybridized carbons (Fsp3) is 0.318. The first-order valence-corrected chi connectivity index (χ1v) is 12.5. The molecule has 1 aliphatic heterocycles. The van der Waals surface area contributed by atoms with Gasteiger partial charge in [-0.3, -0.25) is 9.52 Å². The lowest BCUT2D eigenvalue weighted by Crippen LogP contribution is -2.35. The number of nitrogens with zero attached hydrogens (tertiary/aromatic N) is 4. The van der Waals surface area contributed by atoms with E-state index in [9.17, 15) is 13.2 Å². The van der Waals surface area contributed by atoms with E-state index in [1.807, 2.05) is 17.9 Å². The normalized spacial score (nSPS) is 14.2. The number of benzene rings is 1. The van der Waals surface area contributed by atoms with Crippen molar-refractivity contribution in [1.29, 1.82) is 5.26 Å². The average Bonchev–Trinajstić information content (AvgIpc) is 3.36. The third-order valence-electron chi connectivity index (χ3n) is 5.39. The number of amides is 1. The molecule has 1 aromatic carbocycles. The van der Waals surface area contributed by atoms with Crippen molar-refractivity contribution < 1.29 is 13.2 Å². The third-order valence-corrected chi connectivity index (χ3v) is 7.90. The van der Waals surface area contributed by atoms with Crippen LogP contribution in [-0.2, 0) is 17.1 Å². The molecule has 0 atom stereocenters. The number of likely N-dealkylation sites (tertiary alicyclic amines) is 1. The Kier molecular flexibility index (Phi) is 6.04. The lowest BCUT2D eigenvalue weighted by molar-refractivity contribution is 0.0728. The van der Waals surface area contributed by atoms with E-state index >= 15 is 0 Å². The molecule has 1 amide bonds. The van der Waals surface area contributed by atoms with Crippen molar-refractivity contribution in [2.24, 2.45) is 7.05 Å². The second-order valence-corrected chi connectivity index (χ2v) is 10.4. The minimum atomic E-state index is -3.86. The maximum absolute atomic E-state index is 12.9. The zero-order valence-electron chi connectivity index (χ0n) is 17.8. The molecular formula is C22H23N5O3S2. The minimum absolute atomic E-state index is 0.00737. The number of rotatable bonds is 5. The second-order valence-electron chi connectivity index (χ2n) is 7.76. The lowest BCUT2D eigenvalue weighted by atomic mass is 10.1. The van der Waals surface area contributed by atoms with Gasteiger partial charge in [0.05, 0.1) is 28.7 Å². The molecule has 0 saturated carbocycles. The molecule has 0 spiro atoms. The number of aromatic nitrogens is 2. The number of aryl methyl sites for hydroxylation is 2. The molecule has 0 radical (unpaired) electrons. The van der Waals surface area contributed by atoms with E-state index in [1.54, 1.807) is 35.9 Å². The Morgan fingerprint density at radius 3 is 2.69 bits per heavy atom. The summed E-state index contributed by atoms with van der Waals surface area (Å²) in [6.07, 6.45) is 4.68. The van der Waals surface area contributed by atoms with Gasteiger partial charge in [-0.2, -0.15) is 5.26 Å². The first kappa shape index (κ1) is 22.0. The SMILES string of the molecule is Cc1nc(-c2cc(S(=O)(=O)Nc3cccc(C#N)c3)cn2C)sc1C(=O)N1CCCCC1. The van der Waals surface area contributed by atoms with Crippen LogP contribution in [-0.4, -0.2) is 41.9 Å². The Hall–Kier alpha value is -3.16. The van der Waals surface area contributed by atoms with Crippen molar-refractivity contribution in [3.8, 4) is 16.8 Å². The Morgan fingerprint density at radius 2 is 1.97 bits per heavy atom. The molecule has 10 heteroatoms. The van der Waals surface area contributed by atoms with Gasteiger partial charge in [0.25, 0.3) is 15.9 Å². The molecule has 1 aliphatic rings. The van der Waals surface area contributed by atoms with Gasteiger partial charge in [-0.1, -0.05) is 6.07 Å². The van der Waals surface area contributed by atoms with E-state index in [1.165, 1.54) is 23.6 Å². The smallest absolute Gasteiger partial charge is 0.265 e. The van der Waals surface area contributed by atoms with Crippen molar-refractivity contribution in [1.82, 2.24) is 14.5 Å². The maximum atomic E-state index is 12.9. The van der Waals surface area contributed by atoms with Crippen molar-refractivity contribution in [2.75, 3.05) is 17.8 Å². The van der Waals surface area contributed by atoms with Crippen LogP contribution in [0.5, 0.6) is 0 Å². The topological polar surface area (TPSA) is 108 Å². The number of hydrogen-bond donors (Lipinski definition) is 1. The van der Waals surface area contributed by atoms with Gasteiger partial charge in [-0.25, -0.2) is 13.4 Å².